The van der Waals surface area contributed by atoms with Gasteiger partial charge in [0.2, 0.25) is 0 Å². The lowest BCUT2D eigenvalue weighted by molar-refractivity contribution is -0.136. The highest BCUT2D eigenvalue weighted by Crippen LogP contribution is 2.33. The fourth-order valence-electron chi connectivity index (χ4n) is 1.71. The van der Waals surface area contributed by atoms with Crippen molar-refractivity contribution >= 4 is 43.3 Å². The van der Waals surface area contributed by atoms with Crippen LogP contribution < -0.4 is 0 Å². The van der Waals surface area contributed by atoms with Gasteiger partial charge in [0.25, 0.3) is 0 Å². The van der Waals surface area contributed by atoms with Crippen molar-refractivity contribution in [3.05, 3.63) is 33.1 Å². The maximum Gasteiger partial charge on any atom is 0.303 e. The van der Waals surface area contributed by atoms with E-state index in [1.165, 1.54) is 20.5 Å². The van der Waals surface area contributed by atoms with E-state index in [4.69, 9.17) is 5.11 Å². The van der Waals surface area contributed by atoms with Crippen LogP contribution in [0.5, 0.6) is 0 Å². The molecular weight excluding hydrogens is 288 g/mol. The first-order chi connectivity index (χ1) is 7.58. The van der Waals surface area contributed by atoms with Crippen molar-refractivity contribution in [3.63, 3.8) is 0 Å². The van der Waals surface area contributed by atoms with Crippen molar-refractivity contribution in [2.24, 2.45) is 0 Å². The Morgan fingerprint density at radius 1 is 1.50 bits per heavy atom. The van der Waals surface area contributed by atoms with E-state index >= 15 is 0 Å². The molecule has 0 aliphatic rings. The highest BCUT2D eigenvalue weighted by molar-refractivity contribution is 9.10. The molecule has 0 aliphatic carbocycles. The number of carboxylic acids is 1. The molecular formula is C12H11BrO2S. The lowest BCUT2D eigenvalue weighted by Crippen LogP contribution is -1.96. The van der Waals surface area contributed by atoms with Crippen molar-refractivity contribution in [2.75, 3.05) is 0 Å². The molecule has 1 aromatic heterocycles. The van der Waals surface area contributed by atoms with Gasteiger partial charge in [-0.25, -0.2) is 0 Å². The minimum atomic E-state index is -0.738. The van der Waals surface area contributed by atoms with Gasteiger partial charge in [0.1, 0.15) is 0 Å². The summed E-state index contributed by atoms with van der Waals surface area (Å²) >= 11 is 5.13. The van der Waals surface area contributed by atoms with Crippen LogP contribution in [0.4, 0.5) is 0 Å². The maximum atomic E-state index is 10.6. The molecule has 0 saturated heterocycles. The molecule has 84 valence electrons. The van der Waals surface area contributed by atoms with Gasteiger partial charge in [0, 0.05) is 14.0 Å². The third kappa shape index (κ3) is 2.28. The molecule has 0 unspecified atom stereocenters. The first-order valence-corrected chi connectivity index (χ1v) is 6.58. The monoisotopic (exact) mass is 298 g/mol. The minimum Gasteiger partial charge on any atom is -0.481 e. The van der Waals surface area contributed by atoms with Gasteiger partial charge in [-0.15, -0.1) is 11.3 Å². The highest BCUT2D eigenvalue weighted by atomic mass is 79.9. The summed E-state index contributed by atoms with van der Waals surface area (Å²) in [4.78, 5) is 11.7. The quantitative estimate of drug-likeness (QED) is 0.930. The molecule has 16 heavy (non-hydrogen) atoms. The number of halogens is 1. The smallest absolute Gasteiger partial charge is 0.303 e. The average molecular weight is 299 g/mol. The Morgan fingerprint density at radius 2 is 2.25 bits per heavy atom. The third-order valence-corrected chi connectivity index (χ3v) is 4.37. The fourth-order valence-corrected chi connectivity index (χ4v) is 3.47. The summed E-state index contributed by atoms with van der Waals surface area (Å²) in [5.74, 6) is -0.738. The number of hydrogen-bond acceptors (Lipinski definition) is 2. The minimum absolute atomic E-state index is 0.203. The average Bonchev–Trinajstić information content (AvgIpc) is 2.52. The van der Waals surface area contributed by atoms with Crippen LogP contribution in [0.2, 0.25) is 0 Å². The predicted octanol–water partition coefficient (Wildman–Crippen LogP) is 3.99. The maximum absolute atomic E-state index is 10.6. The van der Waals surface area contributed by atoms with Crippen LogP contribution in [0.1, 0.15) is 16.9 Å². The van der Waals surface area contributed by atoms with E-state index in [1.54, 1.807) is 11.3 Å². The first kappa shape index (κ1) is 11.6. The Labute approximate surface area is 106 Å². The summed E-state index contributed by atoms with van der Waals surface area (Å²) < 4.78 is 2.28. The van der Waals surface area contributed by atoms with Crippen LogP contribution in [-0.2, 0) is 11.2 Å². The number of carboxylic acid groups (broad SMARTS) is 1. The van der Waals surface area contributed by atoms with Crippen molar-refractivity contribution in [2.45, 2.75) is 19.8 Å². The van der Waals surface area contributed by atoms with E-state index in [9.17, 15) is 4.79 Å². The summed E-state index contributed by atoms with van der Waals surface area (Å²) in [7, 11) is 0. The largest absolute Gasteiger partial charge is 0.481 e. The first-order valence-electron chi connectivity index (χ1n) is 4.97. The van der Waals surface area contributed by atoms with Crippen molar-refractivity contribution in [3.8, 4) is 0 Å². The summed E-state index contributed by atoms with van der Waals surface area (Å²) in [6.07, 6.45) is 0.826. The summed E-state index contributed by atoms with van der Waals surface area (Å²) in [5, 5.41) is 9.91. The van der Waals surface area contributed by atoms with Gasteiger partial charge in [-0.3, -0.25) is 4.79 Å². The molecule has 0 spiro atoms. The molecule has 1 N–H and O–H groups in total. The van der Waals surface area contributed by atoms with E-state index in [0.717, 1.165) is 4.47 Å². The summed E-state index contributed by atoms with van der Waals surface area (Å²) in [5.41, 5.74) is 1.22. The van der Waals surface area contributed by atoms with E-state index in [2.05, 4.69) is 35.0 Å². The molecule has 1 aromatic carbocycles. The SMILES string of the molecule is Cc1c(CCC(=O)O)sc2cc(Br)ccc12. The zero-order valence-corrected chi connectivity index (χ0v) is 11.2. The van der Waals surface area contributed by atoms with Gasteiger partial charge in [-0.2, -0.15) is 0 Å². The van der Waals surface area contributed by atoms with Crippen LogP contribution in [0, 0.1) is 6.92 Å². The van der Waals surface area contributed by atoms with Crippen LogP contribution in [0.3, 0.4) is 0 Å². The van der Waals surface area contributed by atoms with Crippen LogP contribution >= 0.6 is 27.3 Å². The topological polar surface area (TPSA) is 37.3 Å². The Balaban J connectivity index is 2.39. The van der Waals surface area contributed by atoms with Crippen molar-refractivity contribution in [1.82, 2.24) is 0 Å². The lowest BCUT2D eigenvalue weighted by atomic mass is 10.1. The molecule has 4 heteroatoms. The molecule has 0 aliphatic heterocycles. The third-order valence-electron chi connectivity index (χ3n) is 2.57. The number of carbonyl (C=O) groups is 1. The second-order valence-electron chi connectivity index (χ2n) is 3.68. The zero-order valence-electron chi connectivity index (χ0n) is 8.79. The molecule has 1 heterocycles. The molecule has 0 fully saturated rings. The molecule has 0 atom stereocenters. The number of aryl methyl sites for hydroxylation is 2. The van der Waals surface area contributed by atoms with E-state index in [-0.39, 0.29) is 6.42 Å². The fraction of sp³-hybridized carbons (Fsp3) is 0.250. The van der Waals surface area contributed by atoms with E-state index in [1.807, 2.05) is 6.07 Å². The van der Waals surface area contributed by atoms with Gasteiger partial charge in [-0.05, 0) is 36.4 Å². The number of thiophene rings is 1. The number of rotatable bonds is 3. The number of aliphatic carboxylic acids is 1. The van der Waals surface area contributed by atoms with Crippen LogP contribution in [-0.4, -0.2) is 11.1 Å². The molecule has 0 saturated carbocycles. The lowest BCUT2D eigenvalue weighted by Gasteiger charge is -1.95. The van der Waals surface area contributed by atoms with E-state index in [0.29, 0.717) is 6.42 Å². The second kappa shape index (κ2) is 4.55. The van der Waals surface area contributed by atoms with Gasteiger partial charge in [0.15, 0.2) is 0 Å². The van der Waals surface area contributed by atoms with Gasteiger partial charge in [0.05, 0.1) is 6.42 Å². The molecule has 2 aromatic rings. The van der Waals surface area contributed by atoms with Crippen LogP contribution in [0.15, 0.2) is 22.7 Å². The van der Waals surface area contributed by atoms with Gasteiger partial charge in [-0.1, -0.05) is 22.0 Å². The summed E-state index contributed by atoms with van der Waals surface area (Å²) in [6.45, 7) is 2.06. The molecule has 0 radical (unpaired) electrons. The molecule has 0 bridgehead atoms. The Bertz CT molecular complexity index is 545. The molecule has 2 nitrogen and oxygen atoms in total. The standard InChI is InChI=1S/C12H11BrO2S/c1-7-9-3-2-8(13)6-11(9)16-10(7)4-5-12(14)15/h2-3,6H,4-5H2,1H3,(H,14,15). The van der Waals surface area contributed by atoms with Gasteiger partial charge >= 0.3 is 5.97 Å². The number of fused-ring (bicyclic) bond motifs is 1. The van der Waals surface area contributed by atoms with Gasteiger partial charge < -0.3 is 5.11 Å². The van der Waals surface area contributed by atoms with E-state index < -0.39 is 5.97 Å². The predicted molar refractivity (Wildman–Crippen MR) is 70.2 cm³/mol. The molecule has 0 amide bonds. The van der Waals surface area contributed by atoms with Crippen molar-refractivity contribution in [1.29, 1.82) is 0 Å². The Kier molecular flexibility index (Phi) is 3.30. The second-order valence-corrected chi connectivity index (χ2v) is 5.74. The summed E-state index contributed by atoms with van der Waals surface area (Å²) in [6, 6.07) is 6.18. The Hall–Kier alpha value is -0.870. The zero-order chi connectivity index (χ0) is 11.7. The van der Waals surface area contributed by atoms with Crippen molar-refractivity contribution < 1.29 is 9.90 Å². The number of benzene rings is 1. The molecule has 2 rings (SSSR count). The number of hydrogen-bond donors (Lipinski definition) is 1. The van der Waals surface area contributed by atoms with Crippen LogP contribution in [0.25, 0.3) is 10.1 Å². The Morgan fingerprint density at radius 3 is 2.94 bits per heavy atom. The normalized spacial score (nSPS) is 10.9. The highest BCUT2D eigenvalue weighted by Gasteiger charge is 2.09.